The minimum absolute atomic E-state index is 0.0150. The third-order valence-corrected chi connectivity index (χ3v) is 6.73. The summed E-state index contributed by atoms with van der Waals surface area (Å²) in [7, 11) is -9.41. The number of phosphoric acid groups is 2. The molecule has 0 bridgehead atoms. The van der Waals surface area contributed by atoms with Gasteiger partial charge in [-0.1, -0.05) is 16.7 Å². The van der Waals surface area contributed by atoms with E-state index in [4.69, 9.17) is 20.9 Å². The number of imidazole rings is 1. The van der Waals surface area contributed by atoms with E-state index in [2.05, 4.69) is 35.4 Å². The number of aromatic amines is 1. The second-order valence-corrected chi connectivity index (χ2v) is 9.62. The Morgan fingerprint density at radius 1 is 1.58 bits per heavy atom. The Hall–Kier alpha value is -2.62. The average molecular weight is 508 g/mol. The molecule has 33 heavy (non-hydrogen) atoms. The summed E-state index contributed by atoms with van der Waals surface area (Å²) >= 11 is 0. The van der Waals surface area contributed by atoms with Crippen LogP contribution in [0.3, 0.4) is 0 Å². The number of nitrogen functional groups attached to an aromatic ring is 1. The van der Waals surface area contributed by atoms with Gasteiger partial charge in [-0.2, -0.15) is 0 Å². The molecule has 0 spiro atoms. The predicted octanol–water partition coefficient (Wildman–Crippen LogP) is -1.58. The highest BCUT2D eigenvalue weighted by molar-refractivity contribution is 7.60. The summed E-state index contributed by atoms with van der Waals surface area (Å²) in [5, 5.41) is 14.2. The molecule has 1 fully saturated rings. The highest BCUT2D eigenvalue weighted by Gasteiger charge is 2.49. The lowest BCUT2D eigenvalue weighted by Crippen LogP contribution is -2.45. The SMILES string of the molecule is C=C(N=[N+]=[N-])[C@H]1[C@@H](O)[C@H]([n+]2cn(C)c3c(=O)[nH]c(N)nc32)O[C@@H]1COP(=O)(O)OP(=O)([O-])O. The minimum Gasteiger partial charge on any atom is -0.756 e. The molecule has 6 N–H and O–H groups in total. The number of H-pyrrole nitrogens is 1. The molecule has 0 saturated carbocycles. The smallest absolute Gasteiger partial charge is 0.478 e. The normalized spacial score (nSPS) is 26.5. The van der Waals surface area contributed by atoms with Gasteiger partial charge < -0.3 is 30.3 Å². The van der Waals surface area contributed by atoms with Crippen LogP contribution in [0.25, 0.3) is 21.6 Å². The lowest BCUT2D eigenvalue weighted by atomic mass is 9.95. The number of ether oxygens (including phenoxy) is 1. The van der Waals surface area contributed by atoms with E-state index in [0.29, 0.717) is 0 Å². The van der Waals surface area contributed by atoms with Gasteiger partial charge in [0, 0.05) is 16.5 Å². The Morgan fingerprint density at radius 3 is 2.85 bits per heavy atom. The number of hydrogen-bond acceptors (Lipinski definition) is 11. The molecule has 0 aliphatic carbocycles. The molecular formula is C13H18N8O10P2. The van der Waals surface area contributed by atoms with Gasteiger partial charge in [0.05, 0.1) is 19.8 Å². The van der Waals surface area contributed by atoms with Crippen LogP contribution in [0.5, 0.6) is 0 Å². The summed E-state index contributed by atoms with van der Waals surface area (Å²) in [6.07, 6.45) is -2.80. The zero-order valence-electron chi connectivity index (χ0n) is 16.7. The Morgan fingerprint density at radius 2 is 2.24 bits per heavy atom. The number of rotatable bonds is 8. The fourth-order valence-corrected chi connectivity index (χ4v) is 4.99. The van der Waals surface area contributed by atoms with Crippen molar-refractivity contribution in [2.45, 2.75) is 18.4 Å². The molecule has 0 radical (unpaired) electrons. The molecule has 3 heterocycles. The zero-order valence-corrected chi connectivity index (χ0v) is 18.4. The van der Waals surface area contributed by atoms with E-state index in [0.717, 1.165) is 0 Å². The maximum atomic E-state index is 12.2. The van der Waals surface area contributed by atoms with Crippen LogP contribution in [0.4, 0.5) is 5.95 Å². The lowest BCUT2D eigenvalue weighted by molar-refractivity contribution is -0.745. The van der Waals surface area contributed by atoms with Gasteiger partial charge in [-0.15, -0.1) is 0 Å². The van der Waals surface area contributed by atoms with Crippen molar-refractivity contribution >= 4 is 32.8 Å². The standard InChI is InChI=1S/C13H18N8O10P2/c1-5(18-19-15)7-6(3-29-33(27,28)31-32(24,25)26)30-12(9(7)22)21-4-20(2)8-10(21)16-13(14)17-11(8)23/h4,6-7,9,12,22H,1,3H2,2H3,(H5-,14,16,17,23,24,25,26,27,28)/t6-,7-,9-,12-/m1/s1. The number of hydrogen-bond donors (Lipinski definition) is 5. The van der Waals surface area contributed by atoms with Crippen molar-refractivity contribution in [2.24, 2.45) is 18.1 Å². The van der Waals surface area contributed by atoms with Gasteiger partial charge in [0.25, 0.3) is 19.3 Å². The van der Waals surface area contributed by atoms with E-state index < -0.39 is 52.2 Å². The summed E-state index contributed by atoms with van der Waals surface area (Å²) < 4.78 is 39.0. The summed E-state index contributed by atoms with van der Waals surface area (Å²) in [6, 6.07) is 0. The van der Waals surface area contributed by atoms with Crippen molar-refractivity contribution in [2.75, 3.05) is 12.3 Å². The zero-order chi connectivity index (χ0) is 24.7. The van der Waals surface area contributed by atoms with Crippen molar-refractivity contribution < 1.29 is 47.1 Å². The maximum absolute atomic E-state index is 12.2. The molecule has 18 nitrogen and oxygen atoms in total. The second kappa shape index (κ2) is 8.96. The highest BCUT2D eigenvalue weighted by atomic mass is 31.3. The molecule has 6 atom stereocenters. The Labute approximate surface area is 183 Å². The number of nitrogens with one attached hydrogen (secondary N) is 1. The fraction of sp³-hybridized carbons (Fsp3) is 0.462. The van der Waals surface area contributed by atoms with Gasteiger partial charge in [-0.25, -0.2) is 13.4 Å². The van der Waals surface area contributed by atoms with Gasteiger partial charge >= 0.3 is 13.5 Å². The molecule has 0 aromatic carbocycles. The first kappa shape index (κ1) is 25.0. The van der Waals surface area contributed by atoms with Crippen molar-refractivity contribution in [3.63, 3.8) is 0 Å². The van der Waals surface area contributed by atoms with E-state index in [1.807, 2.05) is 0 Å². The number of aryl methyl sites for hydroxylation is 1. The average Bonchev–Trinajstić information content (AvgIpc) is 3.15. The number of aliphatic hydroxyl groups is 1. The number of nitrogens with two attached hydrogens (primary N) is 1. The predicted molar refractivity (Wildman–Crippen MR) is 104 cm³/mol. The molecule has 1 aliphatic rings. The number of phosphoric ester groups is 1. The highest BCUT2D eigenvalue weighted by Crippen LogP contribution is 2.56. The number of nitrogens with zero attached hydrogens (tertiary/aromatic N) is 6. The van der Waals surface area contributed by atoms with Gasteiger partial charge in [0.15, 0.2) is 6.33 Å². The third-order valence-electron chi connectivity index (χ3n) is 4.60. The fourth-order valence-electron chi connectivity index (χ4n) is 3.43. The summed E-state index contributed by atoms with van der Waals surface area (Å²) in [4.78, 5) is 50.0. The van der Waals surface area contributed by atoms with Crippen molar-refractivity contribution in [3.8, 4) is 0 Å². The number of fused-ring (bicyclic) bond motifs is 1. The van der Waals surface area contributed by atoms with Gasteiger partial charge in [-0.3, -0.25) is 23.4 Å². The Balaban J connectivity index is 1.98. The van der Waals surface area contributed by atoms with Crippen LogP contribution in [0.15, 0.2) is 28.5 Å². The summed E-state index contributed by atoms with van der Waals surface area (Å²) in [5.74, 6) is -1.44. The van der Waals surface area contributed by atoms with Crippen LogP contribution >= 0.6 is 15.6 Å². The van der Waals surface area contributed by atoms with Crippen molar-refractivity contribution in [1.82, 2.24) is 14.5 Å². The molecule has 3 rings (SSSR count). The molecule has 0 amide bonds. The second-order valence-electron chi connectivity index (χ2n) is 6.83. The molecular weight excluding hydrogens is 490 g/mol. The first-order valence-corrected chi connectivity index (χ1v) is 11.8. The minimum atomic E-state index is -5.62. The van der Waals surface area contributed by atoms with Crippen LogP contribution < -0.4 is 20.8 Å². The van der Waals surface area contributed by atoms with E-state index >= 15 is 0 Å². The topological polar surface area (TPSA) is 275 Å². The van der Waals surface area contributed by atoms with Crippen LogP contribution in [-0.4, -0.2) is 48.2 Å². The van der Waals surface area contributed by atoms with E-state index in [9.17, 15) is 28.8 Å². The molecule has 180 valence electrons. The first-order chi connectivity index (χ1) is 15.2. The van der Waals surface area contributed by atoms with Crippen LogP contribution in [-0.2, 0) is 29.7 Å². The van der Waals surface area contributed by atoms with Crippen LogP contribution in [0.2, 0.25) is 0 Å². The summed E-state index contributed by atoms with van der Waals surface area (Å²) in [5.41, 5.74) is 13.6. The quantitative estimate of drug-likeness (QED) is 0.0888. The molecule has 2 aromatic rings. The molecule has 1 saturated heterocycles. The molecule has 1 aliphatic heterocycles. The molecule has 2 unspecified atom stereocenters. The monoisotopic (exact) mass is 508 g/mol. The lowest BCUT2D eigenvalue weighted by Gasteiger charge is -2.22. The van der Waals surface area contributed by atoms with Gasteiger partial charge in [0.2, 0.25) is 11.7 Å². The number of azide groups is 1. The number of aliphatic hydroxyl groups excluding tert-OH is 1. The third kappa shape index (κ3) is 5.31. The van der Waals surface area contributed by atoms with Crippen molar-refractivity contribution in [3.05, 3.63) is 39.4 Å². The molecule has 2 aromatic heterocycles. The van der Waals surface area contributed by atoms with Gasteiger partial charge in [0.1, 0.15) is 6.10 Å². The van der Waals surface area contributed by atoms with Crippen molar-refractivity contribution in [1.29, 1.82) is 0 Å². The summed E-state index contributed by atoms with van der Waals surface area (Å²) in [6.45, 7) is 2.67. The maximum Gasteiger partial charge on any atom is 0.478 e. The first-order valence-electron chi connectivity index (χ1n) is 8.80. The molecule has 20 heteroatoms. The number of anilines is 1. The van der Waals surface area contributed by atoms with Crippen LogP contribution in [0, 0.1) is 5.92 Å². The van der Waals surface area contributed by atoms with Gasteiger partial charge in [-0.05, 0) is 5.53 Å². The largest absolute Gasteiger partial charge is 0.756 e. The Bertz CT molecular complexity index is 1300. The van der Waals surface area contributed by atoms with E-state index in [-0.39, 0.29) is 22.8 Å². The number of aromatic nitrogens is 4. The van der Waals surface area contributed by atoms with Crippen LogP contribution in [0.1, 0.15) is 6.23 Å². The Kier molecular flexibility index (Phi) is 6.79. The van der Waals surface area contributed by atoms with E-state index in [1.165, 1.54) is 22.5 Å². The van der Waals surface area contributed by atoms with E-state index in [1.54, 1.807) is 0 Å².